The fourth-order valence-corrected chi connectivity index (χ4v) is 3.11. The predicted octanol–water partition coefficient (Wildman–Crippen LogP) is 4.99. The molecule has 0 spiro atoms. The largest absolute Gasteiger partial charge is 0.389 e. The van der Waals surface area contributed by atoms with Gasteiger partial charge in [0.25, 0.3) is 0 Å². The maximum absolute atomic E-state index is 13.6. The fourth-order valence-electron chi connectivity index (χ4n) is 1.73. The molecular weight excluding hydrogens is 283 g/mol. The summed E-state index contributed by atoms with van der Waals surface area (Å²) in [6.45, 7) is 3.33. The number of aliphatic hydroxyl groups excluding tert-OH is 1. The standard InChI is InChI=1S/C15H14ClFOS/c1-9-7-15(11(10(2)18)8-13(9)17)19-14-6-4-3-5-12(14)16/h3-8,10,18H,1-2H3. The molecule has 0 aliphatic heterocycles. The highest BCUT2D eigenvalue weighted by Crippen LogP contribution is 2.37. The third kappa shape index (κ3) is 3.30. The maximum Gasteiger partial charge on any atom is 0.126 e. The highest BCUT2D eigenvalue weighted by molar-refractivity contribution is 7.99. The average Bonchev–Trinajstić information content (AvgIpc) is 2.36. The van der Waals surface area contributed by atoms with Crippen molar-refractivity contribution in [2.75, 3.05) is 0 Å². The molecular formula is C15H14ClFOS. The zero-order valence-corrected chi connectivity index (χ0v) is 12.2. The van der Waals surface area contributed by atoms with Crippen LogP contribution in [0.2, 0.25) is 5.02 Å². The van der Waals surface area contributed by atoms with E-state index in [0.717, 1.165) is 9.79 Å². The minimum atomic E-state index is -0.722. The van der Waals surface area contributed by atoms with Crippen molar-refractivity contribution in [2.24, 2.45) is 0 Å². The van der Waals surface area contributed by atoms with Crippen molar-refractivity contribution < 1.29 is 9.50 Å². The van der Waals surface area contributed by atoms with E-state index in [1.54, 1.807) is 19.9 Å². The van der Waals surface area contributed by atoms with Crippen molar-refractivity contribution >= 4 is 23.4 Å². The number of aryl methyl sites for hydroxylation is 1. The van der Waals surface area contributed by atoms with E-state index >= 15 is 0 Å². The summed E-state index contributed by atoms with van der Waals surface area (Å²) in [7, 11) is 0. The van der Waals surface area contributed by atoms with Crippen LogP contribution >= 0.6 is 23.4 Å². The zero-order chi connectivity index (χ0) is 14.0. The molecule has 0 fully saturated rings. The van der Waals surface area contributed by atoms with Gasteiger partial charge in [-0.15, -0.1) is 0 Å². The minimum Gasteiger partial charge on any atom is -0.389 e. The summed E-state index contributed by atoms with van der Waals surface area (Å²) < 4.78 is 13.6. The van der Waals surface area contributed by atoms with E-state index in [0.29, 0.717) is 16.1 Å². The van der Waals surface area contributed by atoms with Crippen LogP contribution in [0.5, 0.6) is 0 Å². The van der Waals surface area contributed by atoms with Crippen LogP contribution in [0.1, 0.15) is 24.2 Å². The van der Waals surface area contributed by atoms with E-state index in [1.165, 1.54) is 17.8 Å². The first-order valence-electron chi connectivity index (χ1n) is 5.89. The van der Waals surface area contributed by atoms with Crippen LogP contribution in [0.25, 0.3) is 0 Å². The van der Waals surface area contributed by atoms with Gasteiger partial charge in [-0.3, -0.25) is 0 Å². The van der Waals surface area contributed by atoms with E-state index in [2.05, 4.69) is 0 Å². The normalized spacial score (nSPS) is 12.5. The van der Waals surface area contributed by atoms with Gasteiger partial charge in [0.1, 0.15) is 5.82 Å². The van der Waals surface area contributed by atoms with Crippen LogP contribution in [-0.4, -0.2) is 5.11 Å². The second kappa shape index (κ2) is 5.95. The molecule has 0 amide bonds. The van der Waals surface area contributed by atoms with Crippen LogP contribution in [-0.2, 0) is 0 Å². The molecule has 2 aromatic carbocycles. The van der Waals surface area contributed by atoms with Gasteiger partial charge >= 0.3 is 0 Å². The van der Waals surface area contributed by atoms with Crippen molar-refractivity contribution in [3.05, 3.63) is 58.4 Å². The molecule has 1 atom stereocenters. The highest BCUT2D eigenvalue weighted by Gasteiger charge is 2.13. The first kappa shape index (κ1) is 14.4. The summed E-state index contributed by atoms with van der Waals surface area (Å²) >= 11 is 7.55. The van der Waals surface area contributed by atoms with Crippen molar-refractivity contribution in [1.29, 1.82) is 0 Å². The summed E-state index contributed by atoms with van der Waals surface area (Å²) in [6, 6.07) is 10.6. The van der Waals surface area contributed by atoms with Crippen molar-refractivity contribution in [3.63, 3.8) is 0 Å². The Hall–Kier alpha value is -1.03. The number of aliphatic hydroxyl groups is 1. The third-order valence-electron chi connectivity index (χ3n) is 2.80. The number of halogens is 2. The lowest BCUT2D eigenvalue weighted by Crippen LogP contribution is -1.97. The SMILES string of the molecule is Cc1cc(Sc2ccccc2Cl)c(C(C)O)cc1F. The summed E-state index contributed by atoms with van der Waals surface area (Å²) in [6.07, 6.45) is -0.722. The highest BCUT2D eigenvalue weighted by atomic mass is 35.5. The summed E-state index contributed by atoms with van der Waals surface area (Å²) in [5.41, 5.74) is 1.13. The van der Waals surface area contributed by atoms with Crippen molar-refractivity contribution in [3.8, 4) is 0 Å². The van der Waals surface area contributed by atoms with Crippen LogP contribution in [0, 0.1) is 12.7 Å². The smallest absolute Gasteiger partial charge is 0.126 e. The summed E-state index contributed by atoms with van der Waals surface area (Å²) in [4.78, 5) is 1.71. The fraction of sp³-hybridized carbons (Fsp3) is 0.200. The third-order valence-corrected chi connectivity index (χ3v) is 4.39. The number of hydrogen-bond donors (Lipinski definition) is 1. The van der Waals surface area contributed by atoms with Gasteiger partial charge in [-0.25, -0.2) is 4.39 Å². The van der Waals surface area contributed by atoms with Gasteiger partial charge in [-0.1, -0.05) is 35.5 Å². The second-order valence-corrected chi connectivity index (χ2v) is 5.84. The topological polar surface area (TPSA) is 20.2 Å². The Morgan fingerprint density at radius 2 is 1.89 bits per heavy atom. The van der Waals surface area contributed by atoms with E-state index in [1.807, 2.05) is 24.3 Å². The molecule has 1 nitrogen and oxygen atoms in total. The van der Waals surface area contributed by atoms with Crippen molar-refractivity contribution in [1.82, 2.24) is 0 Å². The molecule has 0 saturated heterocycles. The predicted molar refractivity (Wildman–Crippen MR) is 77.3 cm³/mol. The molecule has 0 aliphatic carbocycles. The second-order valence-electron chi connectivity index (χ2n) is 4.35. The Morgan fingerprint density at radius 3 is 2.53 bits per heavy atom. The first-order valence-corrected chi connectivity index (χ1v) is 7.09. The molecule has 0 aromatic heterocycles. The molecule has 0 bridgehead atoms. The number of rotatable bonds is 3. The first-order chi connectivity index (χ1) is 8.99. The molecule has 19 heavy (non-hydrogen) atoms. The molecule has 0 radical (unpaired) electrons. The van der Waals surface area contributed by atoms with Crippen molar-refractivity contribution in [2.45, 2.75) is 29.7 Å². The minimum absolute atomic E-state index is 0.306. The summed E-state index contributed by atoms with van der Waals surface area (Å²) in [5, 5.41) is 10.4. The molecule has 2 aromatic rings. The zero-order valence-electron chi connectivity index (χ0n) is 10.7. The van der Waals surface area contributed by atoms with Gasteiger partial charge < -0.3 is 5.11 Å². The molecule has 4 heteroatoms. The lowest BCUT2D eigenvalue weighted by atomic mass is 10.1. The monoisotopic (exact) mass is 296 g/mol. The lowest BCUT2D eigenvalue weighted by Gasteiger charge is -2.14. The van der Waals surface area contributed by atoms with Gasteiger partial charge in [0.05, 0.1) is 11.1 Å². The van der Waals surface area contributed by atoms with Crippen LogP contribution in [0.4, 0.5) is 4.39 Å². The van der Waals surface area contributed by atoms with E-state index in [9.17, 15) is 9.50 Å². The van der Waals surface area contributed by atoms with Gasteiger partial charge in [0, 0.05) is 9.79 Å². The van der Waals surface area contributed by atoms with Crippen LogP contribution < -0.4 is 0 Å². The quantitative estimate of drug-likeness (QED) is 0.861. The van der Waals surface area contributed by atoms with Crippen LogP contribution in [0.15, 0.2) is 46.2 Å². The molecule has 1 N–H and O–H groups in total. The molecule has 100 valence electrons. The number of benzene rings is 2. The lowest BCUT2D eigenvalue weighted by molar-refractivity contribution is 0.196. The Balaban J connectivity index is 2.45. The molecule has 0 saturated carbocycles. The summed E-state index contributed by atoms with van der Waals surface area (Å²) in [5.74, 6) is -0.306. The van der Waals surface area contributed by atoms with Gasteiger partial charge in [-0.05, 0) is 49.2 Å². The Morgan fingerprint density at radius 1 is 1.21 bits per heavy atom. The Kier molecular flexibility index (Phi) is 4.50. The van der Waals surface area contributed by atoms with E-state index < -0.39 is 6.10 Å². The molecule has 0 heterocycles. The Bertz CT molecular complexity index is 599. The van der Waals surface area contributed by atoms with Gasteiger partial charge in [0.2, 0.25) is 0 Å². The van der Waals surface area contributed by atoms with Gasteiger partial charge in [-0.2, -0.15) is 0 Å². The number of hydrogen-bond acceptors (Lipinski definition) is 2. The maximum atomic E-state index is 13.6. The molecule has 2 rings (SSSR count). The van der Waals surface area contributed by atoms with Gasteiger partial charge in [0.15, 0.2) is 0 Å². The van der Waals surface area contributed by atoms with Crippen LogP contribution in [0.3, 0.4) is 0 Å². The van der Waals surface area contributed by atoms with E-state index in [-0.39, 0.29) is 5.82 Å². The Labute approximate surface area is 121 Å². The molecule has 0 aliphatic rings. The molecule has 1 unspecified atom stereocenters. The average molecular weight is 297 g/mol. The van der Waals surface area contributed by atoms with E-state index in [4.69, 9.17) is 11.6 Å².